The van der Waals surface area contributed by atoms with Crippen molar-refractivity contribution in [3.63, 3.8) is 0 Å². The number of carbonyl (C=O) groups is 1. The molecule has 0 bridgehead atoms. The number of pyridine rings is 1. The number of nitrogens with zero attached hydrogens (tertiary/aromatic N) is 2. The molecular weight excluding hydrogens is 264 g/mol. The Hall–Kier alpha value is -2.56. The smallest absolute Gasteiger partial charge is 0.320 e. The molecule has 0 fully saturated rings. The molecular formula is C16H20N4O. The van der Waals surface area contributed by atoms with E-state index in [4.69, 9.17) is 0 Å². The number of hydrogen-bond donors (Lipinski definition) is 2. The molecule has 0 aliphatic rings. The van der Waals surface area contributed by atoms with Gasteiger partial charge in [0.15, 0.2) is 0 Å². The van der Waals surface area contributed by atoms with Gasteiger partial charge in [-0.25, -0.2) is 9.78 Å². The standard InChI is InChI=1S/C16H20N4O/c1-12-10-13(7-8-14(12)20(2)3)11-18-16(21)19-15-6-4-5-9-17-15/h4-10H,11H2,1-3H3,(H2,17,18,19,21). The molecule has 0 aliphatic heterocycles. The van der Waals surface area contributed by atoms with E-state index in [1.54, 1.807) is 18.3 Å². The van der Waals surface area contributed by atoms with Crippen LogP contribution in [0.1, 0.15) is 11.1 Å². The average Bonchev–Trinajstić information content (AvgIpc) is 2.46. The first-order valence-corrected chi connectivity index (χ1v) is 6.79. The Balaban J connectivity index is 1.91. The van der Waals surface area contributed by atoms with Gasteiger partial charge in [0, 0.05) is 32.5 Å². The first-order valence-electron chi connectivity index (χ1n) is 6.79. The molecule has 5 heteroatoms. The molecule has 0 radical (unpaired) electrons. The third-order valence-electron chi connectivity index (χ3n) is 3.10. The van der Waals surface area contributed by atoms with Crippen LogP contribution in [0.2, 0.25) is 0 Å². The Morgan fingerprint density at radius 1 is 1.24 bits per heavy atom. The molecule has 2 rings (SSSR count). The Morgan fingerprint density at radius 2 is 2.05 bits per heavy atom. The van der Waals surface area contributed by atoms with Crippen LogP contribution in [-0.2, 0) is 6.54 Å². The first-order chi connectivity index (χ1) is 10.1. The lowest BCUT2D eigenvalue weighted by Crippen LogP contribution is -2.28. The van der Waals surface area contributed by atoms with E-state index in [0.29, 0.717) is 12.4 Å². The molecule has 1 heterocycles. The quantitative estimate of drug-likeness (QED) is 0.907. The predicted octanol–water partition coefficient (Wildman–Crippen LogP) is 2.78. The molecule has 0 unspecified atom stereocenters. The number of amides is 2. The van der Waals surface area contributed by atoms with Gasteiger partial charge in [-0.3, -0.25) is 5.32 Å². The van der Waals surface area contributed by atoms with E-state index in [2.05, 4.69) is 39.6 Å². The fourth-order valence-electron chi connectivity index (χ4n) is 2.11. The molecule has 2 N–H and O–H groups in total. The van der Waals surface area contributed by atoms with Crippen LogP contribution in [0.3, 0.4) is 0 Å². The van der Waals surface area contributed by atoms with Crippen LogP contribution in [0, 0.1) is 6.92 Å². The van der Waals surface area contributed by atoms with Crippen molar-refractivity contribution in [3.8, 4) is 0 Å². The van der Waals surface area contributed by atoms with Crippen LogP contribution < -0.4 is 15.5 Å². The van der Waals surface area contributed by atoms with Crippen LogP contribution in [-0.4, -0.2) is 25.1 Å². The highest BCUT2D eigenvalue weighted by molar-refractivity contribution is 5.88. The summed E-state index contributed by atoms with van der Waals surface area (Å²) in [6.07, 6.45) is 1.64. The van der Waals surface area contributed by atoms with Crippen molar-refractivity contribution in [2.75, 3.05) is 24.3 Å². The molecule has 2 aromatic rings. The molecule has 1 aromatic carbocycles. The van der Waals surface area contributed by atoms with E-state index in [0.717, 1.165) is 5.56 Å². The zero-order chi connectivity index (χ0) is 15.2. The SMILES string of the molecule is Cc1cc(CNC(=O)Nc2ccccn2)ccc1N(C)C. The second-order valence-electron chi connectivity index (χ2n) is 5.04. The number of anilines is 2. The first kappa shape index (κ1) is 14.8. The van der Waals surface area contributed by atoms with Gasteiger partial charge in [-0.2, -0.15) is 0 Å². The zero-order valence-electron chi connectivity index (χ0n) is 12.6. The van der Waals surface area contributed by atoms with E-state index in [1.807, 2.05) is 26.2 Å². The molecule has 0 spiro atoms. The molecule has 21 heavy (non-hydrogen) atoms. The number of aromatic nitrogens is 1. The molecule has 0 aliphatic carbocycles. The highest BCUT2D eigenvalue weighted by atomic mass is 16.2. The van der Waals surface area contributed by atoms with Crippen molar-refractivity contribution < 1.29 is 4.79 Å². The van der Waals surface area contributed by atoms with Crippen molar-refractivity contribution >= 4 is 17.5 Å². The van der Waals surface area contributed by atoms with Gasteiger partial charge in [-0.05, 0) is 36.2 Å². The van der Waals surface area contributed by atoms with Crippen LogP contribution in [0.15, 0.2) is 42.6 Å². The molecule has 110 valence electrons. The lowest BCUT2D eigenvalue weighted by Gasteiger charge is -2.16. The van der Waals surface area contributed by atoms with E-state index >= 15 is 0 Å². The van der Waals surface area contributed by atoms with Crippen LogP contribution in [0.25, 0.3) is 0 Å². The minimum absolute atomic E-state index is 0.261. The molecule has 5 nitrogen and oxygen atoms in total. The number of aryl methyl sites for hydroxylation is 1. The summed E-state index contributed by atoms with van der Waals surface area (Å²) in [7, 11) is 4.03. The normalized spacial score (nSPS) is 10.0. The minimum atomic E-state index is -0.261. The van der Waals surface area contributed by atoms with Crippen molar-refractivity contribution in [2.24, 2.45) is 0 Å². The lowest BCUT2D eigenvalue weighted by molar-refractivity contribution is 0.251. The molecule has 0 saturated heterocycles. The van der Waals surface area contributed by atoms with Crippen LogP contribution >= 0.6 is 0 Å². The van der Waals surface area contributed by atoms with Gasteiger partial charge in [-0.15, -0.1) is 0 Å². The number of urea groups is 1. The summed E-state index contributed by atoms with van der Waals surface area (Å²) in [4.78, 5) is 17.9. The van der Waals surface area contributed by atoms with Gasteiger partial charge in [0.1, 0.15) is 5.82 Å². The van der Waals surface area contributed by atoms with Crippen LogP contribution in [0.5, 0.6) is 0 Å². The van der Waals surface area contributed by atoms with Crippen molar-refractivity contribution in [3.05, 3.63) is 53.7 Å². The third-order valence-corrected chi connectivity index (χ3v) is 3.10. The number of benzene rings is 1. The summed E-state index contributed by atoms with van der Waals surface area (Å²) >= 11 is 0. The topological polar surface area (TPSA) is 57.3 Å². The summed E-state index contributed by atoms with van der Waals surface area (Å²) in [5, 5.41) is 5.51. The van der Waals surface area contributed by atoms with Gasteiger partial charge in [0.05, 0.1) is 0 Å². The zero-order valence-corrected chi connectivity index (χ0v) is 12.6. The Labute approximate surface area is 125 Å². The fraction of sp³-hybridized carbons (Fsp3) is 0.250. The van der Waals surface area contributed by atoms with Gasteiger partial charge in [0.2, 0.25) is 0 Å². The Morgan fingerprint density at radius 3 is 2.67 bits per heavy atom. The van der Waals surface area contributed by atoms with E-state index in [9.17, 15) is 4.79 Å². The summed E-state index contributed by atoms with van der Waals surface area (Å²) in [6.45, 7) is 2.54. The number of nitrogens with one attached hydrogen (secondary N) is 2. The van der Waals surface area contributed by atoms with Crippen molar-refractivity contribution in [2.45, 2.75) is 13.5 Å². The second kappa shape index (κ2) is 6.74. The maximum atomic E-state index is 11.8. The number of hydrogen-bond acceptors (Lipinski definition) is 3. The fourth-order valence-corrected chi connectivity index (χ4v) is 2.11. The van der Waals surface area contributed by atoms with Gasteiger partial charge >= 0.3 is 6.03 Å². The molecule has 0 saturated carbocycles. The summed E-state index contributed by atoms with van der Waals surface area (Å²) < 4.78 is 0. The molecule has 0 atom stereocenters. The monoisotopic (exact) mass is 284 g/mol. The van der Waals surface area contributed by atoms with Gasteiger partial charge < -0.3 is 10.2 Å². The van der Waals surface area contributed by atoms with E-state index in [-0.39, 0.29) is 6.03 Å². The third kappa shape index (κ3) is 4.21. The maximum absolute atomic E-state index is 11.8. The lowest BCUT2D eigenvalue weighted by atomic mass is 10.1. The van der Waals surface area contributed by atoms with E-state index < -0.39 is 0 Å². The highest BCUT2D eigenvalue weighted by Gasteiger charge is 2.04. The highest BCUT2D eigenvalue weighted by Crippen LogP contribution is 2.18. The molecule has 1 aromatic heterocycles. The predicted molar refractivity (Wildman–Crippen MR) is 85.6 cm³/mol. The number of carbonyl (C=O) groups excluding carboxylic acids is 1. The van der Waals surface area contributed by atoms with Crippen molar-refractivity contribution in [1.29, 1.82) is 0 Å². The largest absolute Gasteiger partial charge is 0.377 e. The minimum Gasteiger partial charge on any atom is -0.377 e. The molecule has 2 amide bonds. The number of rotatable bonds is 4. The Kier molecular flexibility index (Phi) is 4.77. The Bertz CT molecular complexity index is 611. The summed E-state index contributed by atoms with van der Waals surface area (Å²) in [5.41, 5.74) is 3.43. The van der Waals surface area contributed by atoms with Crippen molar-refractivity contribution in [1.82, 2.24) is 10.3 Å². The summed E-state index contributed by atoms with van der Waals surface area (Å²) in [6, 6.07) is 11.3. The van der Waals surface area contributed by atoms with Crippen LogP contribution in [0.4, 0.5) is 16.3 Å². The van der Waals surface area contributed by atoms with Gasteiger partial charge in [-0.1, -0.05) is 18.2 Å². The van der Waals surface area contributed by atoms with Gasteiger partial charge in [0.25, 0.3) is 0 Å². The maximum Gasteiger partial charge on any atom is 0.320 e. The summed E-state index contributed by atoms with van der Waals surface area (Å²) in [5.74, 6) is 0.536. The van der Waals surface area contributed by atoms with E-state index in [1.165, 1.54) is 11.3 Å². The second-order valence-corrected chi connectivity index (χ2v) is 5.04. The average molecular weight is 284 g/mol.